The van der Waals surface area contributed by atoms with E-state index < -0.39 is 27.0 Å². The van der Waals surface area contributed by atoms with Gasteiger partial charge in [-0.3, -0.25) is 4.79 Å². The highest BCUT2D eigenvalue weighted by molar-refractivity contribution is 7.89. The van der Waals surface area contributed by atoms with Crippen LogP contribution in [0.3, 0.4) is 0 Å². The maximum Gasteiger partial charge on any atom is 0.573 e. The van der Waals surface area contributed by atoms with Crippen molar-refractivity contribution in [2.75, 3.05) is 11.9 Å². The van der Waals surface area contributed by atoms with E-state index in [9.17, 15) is 26.4 Å². The van der Waals surface area contributed by atoms with E-state index in [1.807, 2.05) is 0 Å². The zero-order valence-corrected chi connectivity index (χ0v) is 20.8. The minimum absolute atomic E-state index is 0.00327. The van der Waals surface area contributed by atoms with Crippen LogP contribution in [0.2, 0.25) is 0 Å². The molecule has 1 aliphatic heterocycles. The number of halogens is 3. The summed E-state index contributed by atoms with van der Waals surface area (Å²) in [4.78, 5) is 21.5. The molecular weight excluding hydrogens is 509 g/mol. The number of benzene rings is 1. The van der Waals surface area contributed by atoms with E-state index in [0.717, 1.165) is 35.7 Å². The van der Waals surface area contributed by atoms with Gasteiger partial charge in [-0.05, 0) is 74.8 Å². The second-order valence-electron chi connectivity index (χ2n) is 10.9. The number of para-hydroxylation sites is 1. The number of carbonyl (C=O) groups excluding carboxylic acids is 1. The van der Waals surface area contributed by atoms with Crippen molar-refractivity contribution in [3.63, 3.8) is 0 Å². The molecule has 1 amide bonds. The maximum absolute atomic E-state index is 13.5. The number of rotatable bonds is 5. The van der Waals surface area contributed by atoms with Gasteiger partial charge < -0.3 is 10.1 Å². The second-order valence-corrected chi connectivity index (χ2v) is 12.8. The number of carbonyl (C=O) groups is 1. The Balaban J connectivity index is 1.23. The summed E-state index contributed by atoms with van der Waals surface area (Å²) in [5, 5.41) is 3.04. The van der Waals surface area contributed by atoms with Crippen LogP contribution in [-0.2, 0) is 27.8 Å². The van der Waals surface area contributed by atoms with Gasteiger partial charge in [0.2, 0.25) is 15.9 Å². The Morgan fingerprint density at radius 2 is 1.70 bits per heavy atom. The summed E-state index contributed by atoms with van der Waals surface area (Å²) >= 11 is 0. The Morgan fingerprint density at radius 3 is 2.35 bits per heavy atom. The molecule has 0 radical (unpaired) electrons. The van der Waals surface area contributed by atoms with Crippen molar-refractivity contribution in [1.82, 2.24) is 14.3 Å². The smallest absolute Gasteiger partial charge is 0.404 e. The molecule has 4 saturated carbocycles. The SMILES string of the molecule is O=C(Nc1ncnc2c1CCN(S(=O)(=O)c1ccccc1OC(F)(F)F)C2)C12CC3CC(CC(C3)C1)C2. The van der Waals surface area contributed by atoms with Crippen LogP contribution in [0.5, 0.6) is 5.75 Å². The van der Waals surface area contributed by atoms with Gasteiger partial charge in [-0.25, -0.2) is 18.4 Å². The fourth-order valence-electron chi connectivity index (χ4n) is 7.28. The number of amides is 1. The quantitative estimate of drug-likeness (QED) is 0.612. The number of sulfonamides is 1. The van der Waals surface area contributed by atoms with Gasteiger partial charge in [0.15, 0.2) is 0 Å². The highest BCUT2D eigenvalue weighted by atomic mass is 32.2. The summed E-state index contributed by atoms with van der Waals surface area (Å²) in [5.74, 6) is 1.43. The number of fused-ring (bicyclic) bond motifs is 1. The Kier molecular flexibility index (Phi) is 5.75. The van der Waals surface area contributed by atoms with E-state index in [0.29, 0.717) is 34.8 Å². The standard InChI is InChI=1S/C25H27F3N4O4S/c26-25(27,28)36-20-3-1-2-4-21(20)37(34,35)32-6-5-18-19(13-32)29-14-30-22(18)31-23(33)24-10-15-7-16(11-24)9-17(8-15)12-24/h1-4,14-17H,5-13H2,(H,29,30,31,33). The Bertz CT molecular complexity index is 1310. The first kappa shape index (κ1) is 24.6. The van der Waals surface area contributed by atoms with Gasteiger partial charge in [0.25, 0.3) is 0 Å². The summed E-state index contributed by atoms with van der Waals surface area (Å²) in [5.41, 5.74) is 0.713. The van der Waals surface area contributed by atoms with Gasteiger partial charge >= 0.3 is 6.36 Å². The molecule has 4 fully saturated rings. The van der Waals surface area contributed by atoms with Crippen LogP contribution in [0, 0.1) is 23.2 Å². The lowest BCUT2D eigenvalue weighted by molar-refractivity contribution is -0.275. The number of hydrogen-bond donors (Lipinski definition) is 1. The first-order chi connectivity index (χ1) is 17.5. The fraction of sp³-hybridized carbons (Fsp3) is 0.560. The molecule has 4 aliphatic carbocycles. The molecule has 37 heavy (non-hydrogen) atoms. The highest BCUT2D eigenvalue weighted by Gasteiger charge is 2.54. The predicted octanol–water partition coefficient (Wildman–Crippen LogP) is 4.28. The fourth-order valence-corrected chi connectivity index (χ4v) is 8.80. The van der Waals surface area contributed by atoms with Crippen LogP contribution < -0.4 is 10.1 Å². The normalized spacial score (nSPS) is 29.1. The number of nitrogens with zero attached hydrogens (tertiary/aromatic N) is 3. The third kappa shape index (κ3) is 4.47. The molecule has 7 rings (SSSR count). The maximum atomic E-state index is 13.5. The lowest BCUT2D eigenvalue weighted by Crippen LogP contribution is -2.52. The number of nitrogens with one attached hydrogen (secondary N) is 1. The lowest BCUT2D eigenvalue weighted by atomic mass is 9.49. The second kappa shape index (κ2) is 8.65. The molecule has 1 N–H and O–H groups in total. The number of ether oxygens (including phenoxy) is 1. The van der Waals surface area contributed by atoms with Crippen molar-refractivity contribution in [3.05, 3.63) is 41.9 Å². The minimum atomic E-state index is -5.03. The highest BCUT2D eigenvalue weighted by Crippen LogP contribution is 2.60. The van der Waals surface area contributed by atoms with Gasteiger partial charge in [-0.15, -0.1) is 13.2 Å². The molecule has 0 unspecified atom stereocenters. The van der Waals surface area contributed by atoms with E-state index in [2.05, 4.69) is 20.0 Å². The zero-order valence-electron chi connectivity index (χ0n) is 20.0. The van der Waals surface area contributed by atoms with Gasteiger partial charge in [0, 0.05) is 12.1 Å². The summed E-state index contributed by atoms with van der Waals surface area (Å²) in [6.45, 7) is -0.149. The van der Waals surface area contributed by atoms with Gasteiger partial charge in [-0.1, -0.05) is 12.1 Å². The Hall–Kier alpha value is -2.73. The predicted molar refractivity (Wildman–Crippen MR) is 126 cm³/mol. The Labute approximate surface area is 212 Å². The topological polar surface area (TPSA) is 101 Å². The summed E-state index contributed by atoms with van der Waals surface area (Å²) in [6.07, 6.45) is 2.84. The molecule has 0 spiro atoms. The van der Waals surface area contributed by atoms with Crippen molar-refractivity contribution in [2.24, 2.45) is 23.2 Å². The van der Waals surface area contributed by atoms with Crippen molar-refractivity contribution in [1.29, 1.82) is 0 Å². The van der Waals surface area contributed by atoms with Gasteiger partial charge in [0.05, 0.1) is 17.7 Å². The van der Waals surface area contributed by atoms with E-state index in [-0.39, 0.29) is 30.8 Å². The molecule has 12 heteroatoms. The Morgan fingerprint density at radius 1 is 1.05 bits per heavy atom. The van der Waals surface area contributed by atoms with Gasteiger partial charge in [-0.2, -0.15) is 4.31 Å². The van der Waals surface area contributed by atoms with Crippen LogP contribution in [-0.4, -0.2) is 41.5 Å². The molecule has 5 aliphatic rings. The molecule has 2 aromatic rings. The molecule has 8 nitrogen and oxygen atoms in total. The molecule has 1 aromatic heterocycles. The average molecular weight is 537 g/mol. The number of aromatic nitrogens is 2. The van der Waals surface area contributed by atoms with Crippen molar-refractivity contribution in [2.45, 2.75) is 62.7 Å². The van der Waals surface area contributed by atoms with Crippen LogP contribution in [0.4, 0.5) is 19.0 Å². The van der Waals surface area contributed by atoms with E-state index >= 15 is 0 Å². The van der Waals surface area contributed by atoms with Crippen LogP contribution in [0.1, 0.15) is 49.8 Å². The summed E-state index contributed by atoms with van der Waals surface area (Å²) in [7, 11) is -4.31. The molecule has 0 saturated heterocycles. The number of alkyl halides is 3. The molecule has 2 heterocycles. The van der Waals surface area contributed by atoms with Crippen molar-refractivity contribution < 1.29 is 31.1 Å². The number of hydrogen-bond acceptors (Lipinski definition) is 6. The molecular formula is C25H27F3N4O4S. The average Bonchev–Trinajstić information content (AvgIpc) is 2.82. The van der Waals surface area contributed by atoms with Crippen LogP contribution in [0.25, 0.3) is 0 Å². The zero-order chi connectivity index (χ0) is 26.0. The van der Waals surface area contributed by atoms with Gasteiger partial charge in [0.1, 0.15) is 22.8 Å². The number of anilines is 1. The van der Waals surface area contributed by atoms with E-state index in [1.54, 1.807) is 0 Å². The molecule has 198 valence electrons. The van der Waals surface area contributed by atoms with E-state index in [1.165, 1.54) is 37.7 Å². The first-order valence-electron chi connectivity index (χ1n) is 12.5. The third-order valence-electron chi connectivity index (χ3n) is 8.42. The molecule has 1 aromatic carbocycles. The molecule has 4 bridgehead atoms. The van der Waals surface area contributed by atoms with Crippen LogP contribution in [0.15, 0.2) is 35.5 Å². The summed E-state index contributed by atoms with van der Waals surface area (Å²) in [6, 6.07) is 4.67. The third-order valence-corrected chi connectivity index (χ3v) is 10.3. The first-order valence-corrected chi connectivity index (χ1v) is 14.0. The van der Waals surface area contributed by atoms with Crippen molar-refractivity contribution in [3.8, 4) is 5.75 Å². The summed E-state index contributed by atoms with van der Waals surface area (Å²) < 4.78 is 70.2. The monoisotopic (exact) mass is 536 g/mol. The minimum Gasteiger partial charge on any atom is -0.404 e. The lowest BCUT2D eigenvalue weighted by Gasteiger charge is -2.55. The molecule has 0 atom stereocenters. The van der Waals surface area contributed by atoms with E-state index in [4.69, 9.17) is 0 Å². The largest absolute Gasteiger partial charge is 0.573 e. The van der Waals surface area contributed by atoms with Crippen LogP contribution >= 0.6 is 0 Å². The van der Waals surface area contributed by atoms with Crippen molar-refractivity contribution >= 4 is 21.7 Å².